The Balaban J connectivity index is 0.000000921. The lowest BCUT2D eigenvalue weighted by molar-refractivity contribution is -0.130. The van der Waals surface area contributed by atoms with E-state index in [9.17, 15) is 4.79 Å². The zero-order valence-electron chi connectivity index (χ0n) is 11.7. The minimum absolute atomic E-state index is 0.0561. The highest BCUT2D eigenvalue weighted by Gasteiger charge is 2.17. The van der Waals surface area contributed by atoms with Gasteiger partial charge in [0.05, 0.1) is 11.9 Å². The van der Waals surface area contributed by atoms with Crippen LogP contribution in [0.15, 0.2) is 34.5 Å². The molecule has 0 atom stereocenters. The summed E-state index contributed by atoms with van der Waals surface area (Å²) in [7, 11) is 1.68. The smallest absolute Gasteiger partial charge is 0.242 e. The van der Waals surface area contributed by atoms with E-state index in [2.05, 4.69) is 23.3 Å². The molecule has 1 amide bonds. The first-order valence-electron chi connectivity index (χ1n) is 5.90. The lowest BCUT2D eigenvalue weighted by atomic mass is 10.0. The van der Waals surface area contributed by atoms with Gasteiger partial charge in [0.1, 0.15) is 0 Å². The molecule has 7 heteroatoms. The molecule has 0 saturated carbocycles. The van der Waals surface area contributed by atoms with Crippen LogP contribution in [0.4, 0.5) is 0 Å². The van der Waals surface area contributed by atoms with Crippen LogP contribution < -0.4 is 5.84 Å². The Hall–Kier alpha value is -3.19. The minimum atomic E-state index is 0.0561. The van der Waals surface area contributed by atoms with Crippen molar-refractivity contribution in [2.24, 2.45) is 16.0 Å². The van der Waals surface area contributed by atoms with Crippen LogP contribution >= 0.6 is 0 Å². The average Bonchev–Trinajstić information content (AvgIpc) is 2.55. The standard InChI is InChI=1S/C12H14N4O.2CHN/c1-16-12(17)7-6-11(15-16)10-4-2-9(3-5-10)8-14-13;2*1-2/h2-5,8H,6-7,13H2,1H3;2*1H. The lowest BCUT2D eigenvalue weighted by Gasteiger charge is -2.19. The highest BCUT2D eigenvalue weighted by molar-refractivity contribution is 6.04. The molecule has 7 nitrogen and oxygen atoms in total. The van der Waals surface area contributed by atoms with E-state index in [0.29, 0.717) is 12.8 Å². The third-order valence-corrected chi connectivity index (χ3v) is 2.67. The summed E-state index contributed by atoms with van der Waals surface area (Å²) in [5, 5.41) is 22.1. The van der Waals surface area contributed by atoms with Crippen LogP contribution in [0.3, 0.4) is 0 Å². The first-order valence-corrected chi connectivity index (χ1v) is 5.90. The maximum Gasteiger partial charge on any atom is 0.242 e. The highest BCUT2D eigenvalue weighted by Crippen LogP contribution is 2.14. The molecule has 1 aliphatic rings. The van der Waals surface area contributed by atoms with Gasteiger partial charge in [-0.05, 0) is 11.1 Å². The number of carbonyl (C=O) groups excluding carboxylic acids is 1. The second kappa shape index (κ2) is 9.70. The van der Waals surface area contributed by atoms with E-state index in [1.807, 2.05) is 24.3 Å². The molecular formula is C14H16N6O. The summed E-state index contributed by atoms with van der Waals surface area (Å²) in [5.74, 6) is 5.13. The number of hydrogen-bond donors (Lipinski definition) is 1. The van der Waals surface area contributed by atoms with E-state index in [4.69, 9.17) is 16.4 Å². The van der Waals surface area contributed by atoms with Gasteiger partial charge in [0.25, 0.3) is 0 Å². The van der Waals surface area contributed by atoms with E-state index in [1.54, 1.807) is 13.3 Å². The van der Waals surface area contributed by atoms with Crippen molar-refractivity contribution < 1.29 is 4.79 Å². The Morgan fingerprint density at radius 1 is 1.24 bits per heavy atom. The van der Waals surface area contributed by atoms with Gasteiger partial charge in [-0.1, -0.05) is 24.3 Å². The molecule has 0 spiro atoms. The normalized spacial score (nSPS) is 13.5. The number of hydrogen-bond acceptors (Lipinski definition) is 6. The molecule has 0 fully saturated rings. The topological polar surface area (TPSA) is 119 Å². The Labute approximate surface area is 123 Å². The van der Waals surface area contributed by atoms with Gasteiger partial charge in [-0.3, -0.25) is 4.79 Å². The number of hydrazone groups is 2. The van der Waals surface area contributed by atoms with Crippen molar-refractivity contribution in [3.8, 4) is 13.1 Å². The largest absolute Gasteiger partial charge is 0.323 e. The molecule has 0 aliphatic carbocycles. The summed E-state index contributed by atoms with van der Waals surface area (Å²) in [6.45, 7) is 7.00. The monoisotopic (exact) mass is 284 g/mol. The van der Waals surface area contributed by atoms with Crippen molar-refractivity contribution in [3.63, 3.8) is 0 Å². The Morgan fingerprint density at radius 2 is 1.81 bits per heavy atom. The molecule has 1 aromatic carbocycles. The number of nitrogens with two attached hydrogens (primary N) is 1. The fourth-order valence-corrected chi connectivity index (χ4v) is 1.72. The number of benzene rings is 1. The maximum atomic E-state index is 11.3. The zero-order valence-corrected chi connectivity index (χ0v) is 11.7. The lowest BCUT2D eigenvalue weighted by Crippen LogP contribution is -2.28. The number of carbonyl (C=O) groups is 1. The SMILES string of the molecule is C#N.C#N.CN1N=C(c2ccc(C=NN)cc2)CCC1=O. The van der Waals surface area contributed by atoms with Gasteiger partial charge in [0, 0.05) is 33.0 Å². The van der Waals surface area contributed by atoms with Crippen molar-refractivity contribution in [1.29, 1.82) is 10.5 Å². The van der Waals surface area contributed by atoms with Crippen molar-refractivity contribution in [1.82, 2.24) is 5.01 Å². The van der Waals surface area contributed by atoms with Gasteiger partial charge in [-0.2, -0.15) is 10.2 Å². The molecule has 2 rings (SSSR count). The van der Waals surface area contributed by atoms with Gasteiger partial charge in [-0.15, -0.1) is 0 Å². The predicted molar refractivity (Wildman–Crippen MR) is 80.1 cm³/mol. The number of amides is 1. The van der Waals surface area contributed by atoms with Gasteiger partial charge in [-0.25, -0.2) is 15.5 Å². The quantitative estimate of drug-likeness (QED) is 0.498. The van der Waals surface area contributed by atoms with E-state index in [-0.39, 0.29) is 5.91 Å². The second-order valence-electron chi connectivity index (χ2n) is 3.86. The molecule has 21 heavy (non-hydrogen) atoms. The van der Waals surface area contributed by atoms with E-state index >= 15 is 0 Å². The summed E-state index contributed by atoms with van der Waals surface area (Å²) >= 11 is 0. The summed E-state index contributed by atoms with van der Waals surface area (Å²) in [6, 6.07) is 7.76. The molecule has 0 aromatic heterocycles. The number of nitrogens with zero attached hydrogens (tertiary/aromatic N) is 5. The first kappa shape index (κ1) is 17.8. The third kappa shape index (κ3) is 5.13. The van der Waals surface area contributed by atoms with Gasteiger partial charge in [0.2, 0.25) is 5.91 Å². The van der Waals surface area contributed by atoms with Crippen LogP contribution in [-0.2, 0) is 4.79 Å². The molecule has 1 aromatic rings. The second-order valence-corrected chi connectivity index (χ2v) is 3.86. The van der Waals surface area contributed by atoms with Crippen LogP contribution in [-0.4, -0.2) is 29.9 Å². The molecular weight excluding hydrogens is 268 g/mol. The van der Waals surface area contributed by atoms with Gasteiger partial charge >= 0.3 is 0 Å². The van der Waals surface area contributed by atoms with Crippen molar-refractivity contribution in [2.45, 2.75) is 12.8 Å². The summed E-state index contributed by atoms with van der Waals surface area (Å²) in [5.41, 5.74) is 2.90. The minimum Gasteiger partial charge on any atom is -0.323 e. The average molecular weight is 284 g/mol. The molecule has 0 saturated heterocycles. The van der Waals surface area contributed by atoms with Crippen LogP contribution in [0.5, 0.6) is 0 Å². The van der Waals surface area contributed by atoms with Crippen LogP contribution in [0.2, 0.25) is 0 Å². The Bertz CT molecular complexity index is 550. The summed E-state index contributed by atoms with van der Waals surface area (Å²) in [6.07, 6.45) is 2.79. The van der Waals surface area contributed by atoms with E-state index in [0.717, 1.165) is 16.8 Å². The van der Waals surface area contributed by atoms with Gasteiger partial charge < -0.3 is 5.84 Å². The number of nitriles is 2. The molecule has 108 valence electrons. The predicted octanol–water partition coefficient (Wildman–Crippen LogP) is 1.22. The Morgan fingerprint density at radius 3 is 2.29 bits per heavy atom. The van der Waals surface area contributed by atoms with Crippen LogP contribution in [0.25, 0.3) is 0 Å². The third-order valence-electron chi connectivity index (χ3n) is 2.67. The fraction of sp³-hybridized carbons (Fsp3) is 0.214. The summed E-state index contributed by atoms with van der Waals surface area (Å²) in [4.78, 5) is 11.3. The number of rotatable bonds is 2. The molecule has 1 aliphatic heterocycles. The first-order chi connectivity index (χ1) is 10.2. The van der Waals surface area contributed by atoms with Crippen LogP contribution in [0, 0.1) is 23.7 Å². The van der Waals surface area contributed by atoms with E-state index in [1.165, 1.54) is 5.01 Å². The van der Waals surface area contributed by atoms with Crippen LogP contribution in [0.1, 0.15) is 24.0 Å². The Kier molecular flexibility index (Phi) is 8.23. The van der Waals surface area contributed by atoms with Crippen molar-refractivity contribution in [2.75, 3.05) is 7.05 Å². The highest BCUT2D eigenvalue weighted by atomic mass is 16.2. The molecule has 2 N–H and O–H groups in total. The van der Waals surface area contributed by atoms with Gasteiger partial charge in [0.15, 0.2) is 0 Å². The van der Waals surface area contributed by atoms with Crippen molar-refractivity contribution in [3.05, 3.63) is 35.4 Å². The van der Waals surface area contributed by atoms with Crippen molar-refractivity contribution >= 4 is 17.8 Å². The maximum absolute atomic E-state index is 11.3. The molecule has 1 heterocycles. The zero-order chi connectivity index (χ0) is 16.3. The molecule has 0 bridgehead atoms. The summed E-state index contributed by atoms with van der Waals surface area (Å²) < 4.78 is 0. The fourth-order valence-electron chi connectivity index (χ4n) is 1.72. The van der Waals surface area contributed by atoms with E-state index < -0.39 is 0 Å². The molecule has 0 radical (unpaired) electrons. The molecule has 0 unspecified atom stereocenters.